The molecule has 0 saturated carbocycles. The lowest BCUT2D eigenvalue weighted by Gasteiger charge is -2.38. The molecule has 1 saturated heterocycles. The Labute approximate surface area is 109 Å². The summed E-state index contributed by atoms with van der Waals surface area (Å²) in [7, 11) is 0. The number of nitriles is 1. The minimum Gasteiger partial charge on any atom is -0.370 e. The van der Waals surface area contributed by atoms with Gasteiger partial charge in [-0.2, -0.15) is 5.26 Å². The third-order valence-corrected chi connectivity index (χ3v) is 4.03. The van der Waals surface area contributed by atoms with E-state index < -0.39 is 0 Å². The molecule has 3 nitrogen and oxygen atoms in total. The van der Waals surface area contributed by atoms with Gasteiger partial charge in [-0.05, 0) is 49.4 Å². The zero-order valence-corrected chi connectivity index (χ0v) is 11.2. The quantitative estimate of drug-likeness (QED) is 0.867. The molecule has 0 amide bonds. The smallest absolute Gasteiger partial charge is 0.101 e. The second-order valence-corrected chi connectivity index (χ2v) is 5.34. The number of hydrogen-bond donors (Lipinski definition) is 1. The van der Waals surface area contributed by atoms with Crippen LogP contribution in [0.15, 0.2) is 18.2 Å². The molecule has 0 radical (unpaired) electrons. The van der Waals surface area contributed by atoms with Gasteiger partial charge >= 0.3 is 0 Å². The Morgan fingerprint density at radius 2 is 2.28 bits per heavy atom. The van der Waals surface area contributed by atoms with Gasteiger partial charge in [0.1, 0.15) is 6.07 Å². The zero-order chi connectivity index (χ0) is 13.1. The van der Waals surface area contributed by atoms with E-state index in [1.54, 1.807) is 0 Å². The Hall–Kier alpha value is -1.53. The fourth-order valence-electron chi connectivity index (χ4n) is 2.67. The zero-order valence-electron chi connectivity index (χ0n) is 11.2. The van der Waals surface area contributed by atoms with Crippen LogP contribution in [0.3, 0.4) is 0 Å². The van der Waals surface area contributed by atoms with Gasteiger partial charge in [-0.3, -0.25) is 0 Å². The molecule has 1 aromatic rings. The fourth-order valence-corrected chi connectivity index (χ4v) is 2.67. The number of nitrogens with two attached hydrogens (primary N) is 1. The molecule has 3 heteroatoms. The Balaban J connectivity index is 2.27. The van der Waals surface area contributed by atoms with Gasteiger partial charge in [0.15, 0.2) is 0 Å². The van der Waals surface area contributed by atoms with Crippen LogP contribution < -0.4 is 10.6 Å². The van der Waals surface area contributed by atoms with Crippen LogP contribution in [0.1, 0.15) is 24.5 Å². The van der Waals surface area contributed by atoms with Crippen molar-refractivity contribution < 1.29 is 0 Å². The molecule has 0 aromatic heterocycles. The Kier molecular flexibility index (Phi) is 3.88. The van der Waals surface area contributed by atoms with E-state index in [1.807, 2.05) is 12.1 Å². The highest BCUT2D eigenvalue weighted by molar-refractivity contribution is 5.61. The van der Waals surface area contributed by atoms with E-state index in [9.17, 15) is 5.26 Å². The summed E-state index contributed by atoms with van der Waals surface area (Å²) in [6, 6.07) is 8.32. The molecule has 1 aliphatic rings. The maximum atomic E-state index is 9.21. The molecule has 0 aliphatic carbocycles. The largest absolute Gasteiger partial charge is 0.370 e. The van der Waals surface area contributed by atoms with E-state index >= 15 is 0 Å². The van der Waals surface area contributed by atoms with Crippen LogP contribution in [0, 0.1) is 30.1 Å². The second-order valence-electron chi connectivity index (χ2n) is 5.34. The standard InChI is InChI=1S/C15H21N3/c1-11-3-4-13(8-16)15(7-11)18-6-5-12(2)14(9-17)10-18/h3-4,7,12,14H,5-6,9-10,17H2,1-2H3. The number of anilines is 1. The van der Waals surface area contributed by atoms with Crippen molar-refractivity contribution in [1.82, 2.24) is 0 Å². The molecule has 1 fully saturated rings. The van der Waals surface area contributed by atoms with Gasteiger partial charge in [0.05, 0.1) is 11.3 Å². The summed E-state index contributed by atoms with van der Waals surface area (Å²) in [6.45, 7) is 7.06. The molecule has 96 valence electrons. The molecule has 2 unspecified atom stereocenters. The van der Waals surface area contributed by atoms with Crippen molar-refractivity contribution in [2.75, 3.05) is 24.5 Å². The van der Waals surface area contributed by atoms with E-state index in [4.69, 9.17) is 5.73 Å². The van der Waals surface area contributed by atoms with Crippen LogP contribution in [0.25, 0.3) is 0 Å². The highest BCUT2D eigenvalue weighted by Crippen LogP contribution is 2.29. The molecule has 2 N–H and O–H groups in total. The Morgan fingerprint density at radius 3 is 2.94 bits per heavy atom. The van der Waals surface area contributed by atoms with Gasteiger partial charge in [0.25, 0.3) is 0 Å². The van der Waals surface area contributed by atoms with Crippen LogP contribution in [-0.4, -0.2) is 19.6 Å². The van der Waals surface area contributed by atoms with Crippen LogP contribution in [-0.2, 0) is 0 Å². The lowest BCUT2D eigenvalue weighted by Crippen LogP contribution is -2.43. The van der Waals surface area contributed by atoms with Crippen LogP contribution in [0.2, 0.25) is 0 Å². The predicted octanol–water partition coefficient (Wildman–Crippen LogP) is 2.29. The summed E-state index contributed by atoms with van der Waals surface area (Å²) in [4.78, 5) is 2.32. The molecule has 1 heterocycles. The summed E-state index contributed by atoms with van der Waals surface area (Å²) in [5, 5.41) is 9.21. The first-order chi connectivity index (χ1) is 8.65. The molecule has 0 spiro atoms. The maximum Gasteiger partial charge on any atom is 0.101 e. The van der Waals surface area contributed by atoms with Gasteiger partial charge in [-0.25, -0.2) is 0 Å². The minimum absolute atomic E-state index is 0.533. The third-order valence-electron chi connectivity index (χ3n) is 4.03. The van der Waals surface area contributed by atoms with Crippen molar-refractivity contribution in [2.45, 2.75) is 20.3 Å². The van der Waals surface area contributed by atoms with E-state index in [2.05, 4.69) is 30.9 Å². The molecular formula is C15H21N3. The fraction of sp³-hybridized carbons (Fsp3) is 0.533. The minimum atomic E-state index is 0.533. The number of benzene rings is 1. The van der Waals surface area contributed by atoms with Crippen molar-refractivity contribution in [3.8, 4) is 6.07 Å². The second kappa shape index (κ2) is 5.41. The lowest BCUT2D eigenvalue weighted by molar-refractivity contribution is 0.308. The van der Waals surface area contributed by atoms with Crippen molar-refractivity contribution in [3.05, 3.63) is 29.3 Å². The number of nitrogens with zero attached hydrogens (tertiary/aromatic N) is 2. The van der Waals surface area contributed by atoms with Crippen molar-refractivity contribution in [3.63, 3.8) is 0 Å². The highest BCUT2D eigenvalue weighted by atomic mass is 15.1. The van der Waals surface area contributed by atoms with Gasteiger partial charge < -0.3 is 10.6 Å². The van der Waals surface area contributed by atoms with E-state index in [0.717, 1.165) is 37.3 Å². The molecule has 2 atom stereocenters. The van der Waals surface area contributed by atoms with E-state index in [1.165, 1.54) is 5.56 Å². The summed E-state index contributed by atoms with van der Waals surface area (Å²) >= 11 is 0. The number of piperidine rings is 1. The lowest BCUT2D eigenvalue weighted by atomic mass is 9.86. The predicted molar refractivity (Wildman–Crippen MR) is 74.4 cm³/mol. The molecule has 1 aromatic carbocycles. The number of aryl methyl sites for hydroxylation is 1. The first-order valence-electron chi connectivity index (χ1n) is 6.61. The normalized spacial score (nSPS) is 23.8. The van der Waals surface area contributed by atoms with Gasteiger partial charge in [0, 0.05) is 13.1 Å². The highest BCUT2D eigenvalue weighted by Gasteiger charge is 2.26. The van der Waals surface area contributed by atoms with Crippen LogP contribution in [0.4, 0.5) is 5.69 Å². The van der Waals surface area contributed by atoms with Crippen LogP contribution >= 0.6 is 0 Å². The molecule has 2 rings (SSSR count). The molecule has 18 heavy (non-hydrogen) atoms. The SMILES string of the molecule is Cc1ccc(C#N)c(N2CCC(C)C(CN)C2)c1. The molecule has 1 aliphatic heterocycles. The van der Waals surface area contributed by atoms with Crippen molar-refractivity contribution in [1.29, 1.82) is 5.26 Å². The topological polar surface area (TPSA) is 53.0 Å². The van der Waals surface area contributed by atoms with Gasteiger partial charge in [-0.15, -0.1) is 0 Å². The average molecular weight is 243 g/mol. The summed E-state index contributed by atoms with van der Waals surface area (Å²) < 4.78 is 0. The Bertz CT molecular complexity index is 461. The molecular weight excluding hydrogens is 222 g/mol. The average Bonchev–Trinajstić information content (AvgIpc) is 2.39. The first kappa shape index (κ1) is 12.9. The molecule has 0 bridgehead atoms. The van der Waals surface area contributed by atoms with E-state index in [-0.39, 0.29) is 0 Å². The maximum absolute atomic E-state index is 9.21. The van der Waals surface area contributed by atoms with Crippen LogP contribution in [0.5, 0.6) is 0 Å². The van der Waals surface area contributed by atoms with Crippen molar-refractivity contribution >= 4 is 5.69 Å². The number of rotatable bonds is 2. The summed E-state index contributed by atoms with van der Waals surface area (Å²) in [5.41, 5.74) is 8.89. The summed E-state index contributed by atoms with van der Waals surface area (Å²) in [6.07, 6.45) is 1.15. The monoisotopic (exact) mass is 243 g/mol. The van der Waals surface area contributed by atoms with Crippen molar-refractivity contribution in [2.24, 2.45) is 17.6 Å². The third kappa shape index (κ3) is 2.49. The van der Waals surface area contributed by atoms with Gasteiger partial charge in [-0.1, -0.05) is 13.0 Å². The Morgan fingerprint density at radius 1 is 1.50 bits per heavy atom. The summed E-state index contributed by atoms with van der Waals surface area (Å²) in [5.74, 6) is 1.22. The van der Waals surface area contributed by atoms with Gasteiger partial charge in [0.2, 0.25) is 0 Å². The number of hydrogen-bond acceptors (Lipinski definition) is 3. The van der Waals surface area contributed by atoms with E-state index in [0.29, 0.717) is 11.8 Å². The first-order valence-corrected chi connectivity index (χ1v) is 6.61.